The third-order valence-electron chi connectivity index (χ3n) is 6.95. The zero-order chi connectivity index (χ0) is 25.5. The summed E-state index contributed by atoms with van der Waals surface area (Å²) in [5.41, 5.74) is 1.02. The summed E-state index contributed by atoms with van der Waals surface area (Å²) >= 11 is 0. The van der Waals surface area contributed by atoms with Gasteiger partial charge in [0.1, 0.15) is 11.7 Å². The van der Waals surface area contributed by atoms with Crippen molar-refractivity contribution in [1.82, 2.24) is 19.7 Å². The van der Waals surface area contributed by atoms with E-state index in [4.69, 9.17) is 4.74 Å². The lowest BCUT2D eigenvalue weighted by Gasteiger charge is -2.37. The zero-order valence-electron chi connectivity index (χ0n) is 21.8. The van der Waals surface area contributed by atoms with E-state index in [1.165, 1.54) is 25.7 Å². The molecule has 0 spiro atoms. The molecule has 0 aromatic carbocycles. The number of nitrogens with zero attached hydrogens (tertiary/aromatic N) is 4. The molecule has 35 heavy (non-hydrogen) atoms. The molecule has 0 saturated heterocycles. The molecule has 3 atom stereocenters. The van der Waals surface area contributed by atoms with Crippen molar-refractivity contribution < 1.29 is 19.4 Å². The van der Waals surface area contributed by atoms with Crippen LogP contribution in [0.1, 0.15) is 61.9 Å². The zero-order valence-corrected chi connectivity index (χ0v) is 21.8. The van der Waals surface area contributed by atoms with Crippen LogP contribution < -0.4 is 4.74 Å². The summed E-state index contributed by atoms with van der Waals surface area (Å²) in [4.78, 5) is 35.7. The summed E-state index contributed by atoms with van der Waals surface area (Å²) in [5, 5.41) is 9.82. The number of carbonyl (C=O) groups is 2. The first-order valence-electron chi connectivity index (χ1n) is 12.7. The largest absolute Gasteiger partial charge is 0.472 e. The lowest BCUT2D eigenvalue weighted by Crippen LogP contribution is -2.51. The minimum Gasteiger partial charge on any atom is -0.472 e. The Morgan fingerprint density at radius 3 is 2.69 bits per heavy atom. The topological polar surface area (TPSA) is 86.2 Å². The van der Waals surface area contributed by atoms with Crippen molar-refractivity contribution >= 4 is 11.8 Å². The summed E-state index contributed by atoms with van der Waals surface area (Å²) < 4.78 is 6.27. The maximum absolute atomic E-state index is 13.5. The Morgan fingerprint density at radius 2 is 2.03 bits per heavy atom. The number of pyridine rings is 1. The van der Waals surface area contributed by atoms with Gasteiger partial charge in [0, 0.05) is 37.7 Å². The van der Waals surface area contributed by atoms with Crippen molar-refractivity contribution in [3.63, 3.8) is 0 Å². The first-order valence-corrected chi connectivity index (χ1v) is 12.7. The van der Waals surface area contributed by atoms with Crippen LogP contribution in [0.3, 0.4) is 0 Å². The van der Waals surface area contributed by atoms with Gasteiger partial charge in [0.2, 0.25) is 11.8 Å². The van der Waals surface area contributed by atoms with Crippen LogP contribution >= 0.6 is 0 Å². The molecule has 2 aliphatic rings. The predicted octanol–water partition coefficient (Wildman–Crippen LogP) is 2.25. The van der Waals surface area contributed by atoms with E-state index in [9.17, 15) is 14.7 Å². The molecular weight excluding hydrogens is 444 g/mol. The highest BCUT2D eigenvalue weighted by Gasteiger charge is 2.34. The molecule has 0 unspecified atom stereocenters. The minimum absolute atomic E-state index is 0.00872. The average molecular weight is 485 g/mol. The molecule has 1 N–H and O–H groups in total. The van der Waals surface area contributed by atoms with E-state index in [0.29, 0.717) is 36.7 Å². The molecule has 8 heteroatoms. The molecule has 0 bridgehead atoms. The van der Waals surface area contributed by atoms with Gasteiger partial charge in [-0.3, -0.25) is 9.59 Å². The van der Waals surface area contributed by atoms with Crippen LogP contribution in [0.2, 0.25) is 0 Å². The lowest BCUT2D eigenvalue weighted by molar-refractivity contribution is -0.132. The number of carbonyl (C=O) groups excluding carboxylic acids is 2. The van der Waals surface area contributed by atoms with Crippen LogP contribution in [0.15, 0.2) is 12.3 Å². The highest BCUT2D eigenvalue weighted by atomic mass is 16.5. The Bertz CT molecular complexity index is 948. The number of amides is 2. The smallest absolute Gasteiger partial charge is 0.259 e. The van der Waals surface area contributed by atoms with Gasteiger partial charge in [-0.25, -0.2) is 4.98 Å². The number of hydrogen-bond acceptors (Lipinski definition) is 6. The van der Waals surface area contributed by atoms with E-state index in [1.807, 2.05) is 32.8 Å². The number of fused-ring (bicyclic) bond motifs is 1. The molecule has 3 rings (SSSR count). The Kier molecular flexibility index (Phi) is 9.53. The molecule has 1 aliphatic heterocycles. The van der Waals surface area contributed by atoms with E-state index in [-0.39, 0.29) is 42.4 Å². The van der Waals surface area contributed by atoms with Crippen LogP contribution in [0.4, 0.5) is 0 Å². The standard InChI is InChI=1S/C27H40N4O4/c1-19-15-31(20(2)18-32)27(34)23-13-22(12-8-11-21-9-6-7-10-21)14-28-26(23)35-24(19)16-30(5)25(33)17-29(3)4/h13-14,19-21,24,32H,6-7,9-11,15-18H2,1-5H3/t19-,20+,24+/m0/s1. The van der Waals surface area contributed by atoms with Gasteiger partial charge < -0.3 is 24.5 Å². The quantitative estimate of drug-likeness (QED) is 0.598. The van der Waals surface area contributed by atoms with E-state index in [0.717, 1.165) is 6.42 Å². The van der Waals surface area contributed by atoms with Gasteiger partial charge in [-0.05, 0) is 45.8 Å². The van der Waals surface area contributed by atoms with Gasteiger partial charge in [-0.15, -0.1) is 0 Å². The van der Waals surface area contributed by atoms with Crippen LogP contribution in [0.25, 0.3) is 0 Å². The number of hydrogen-bond donors (Lipinski definition) is 1. The van der Waals surface area contributed by atoms with E-state index in [2.05, 4.69) is 16.8 Å². The molecule has 1 saturated carbocycles. The molecule has 1 aromatic heterocycles. The number of aliphatic hydroxyl groups is 1. The molecule has 1 aliphatic carbocycles. The number of ether oxygens (including phenoxy) is 1. The van der Waals surface area contributed by atoms with Crippen molar-refractivity contribution in [3.8, 4) is 17.7 Å². The second kappa shape index (κ2) is 12.4. The second-order valence-electron chi connectivity index (χ2n) is 10.4. The number of aliphatic hydroxyl groups excluding tert-OH is 1. The van der Waals surface area contributed by atoms with Gasteiger partial charge in [0.25, 0.3) is 5.91 Å². The summed E-state index contributed by atoms with van der Waals surface area (Å²) in [6, 6.07) is 1.39. The fourth-order valence-corrected chi connectivity index (χ4v) is 4.66. The second-order valence-corrected chi connectivity index (χ2v) is 10.4. The predicted molar refractivity (Wildman–Crippen MR) is 135 cm³/mol. The summed E-state index contributed by atoms with van der Waals surface area (Å²) in [6.45, 7) is 4.75. The molecule has 1 aromatic rings. The van der Waals surface area contributed by atoms with Gasteiger partial charge in [-0.2, -0.15) is 0 Å². The van der Waals surface area contributed by atoms with Crippen LogP contribution in [-0.4, -0.2) is 96.1 Å². The summed E-state index contributed by atoms with van der Waals surface area (Å²) in [7, 11) is 5.47. The third kappa shape index (κ3) is 7.18. The van der Waals surface area contributed by atoms with E-state index < -0.39 is 0 Å². The van der Waals surface area contributed by atoms with Crippen LogP contribution in [-0.2, 0) is 4.79 Å². The first-order chi connectivity index (χ1) is 16.7. The van der Waals surface area contributed by atoms with Crippen molar-refractivity contribution in [3.05, 3.63) is 23.4 Å². The maximum Gasteiger partial charge on any atom is 0.259 e. The Labute approximate surface area is 209 Å². The van der Waals surface area contributed by atoms with E-state index in [1.54, 1.807) is 29.1 Å². The number of rotatable bonds is 7. The Hall–Kier alpha value is -2.63. The van der Waals surface area contributed by atoms with Gasteiger partial charge in [0.15, 0.2) is 0 Å². The fraction of sp³-hybridized carbons (Fsp3) is 0.667. The number of aromatic nitrogens is 1. The molecule has 192 valence electrons. The molecular formula is C27H40N4O4. The molecule has 2 heterocycles. The van der Waals surface area contributed by atoms with Crippen molar-refractivity contribution in [2.24, 2.45) is 11.8 Å². The first kappa shape index (κ1) is 27.0. The highest BCUT2D eigenvalue weighted by molar-refractivity contribution is 5.97. The summed E-state index contributed by atoms with van der Waals surface area (Å²) in [5.74, 6) is 7.04. The third-order valence-corrected chi connectivity index (χ3v) is 6.95. The minimum atomic E-state index is -0.363. The van der Waals surface area contributed by atoms with Crippen LogP contribution in [0.5, 0.6) is 5.88 Å². The normalized spacial score (nSPS) is 21.5. The van der Waals surface area contributed by atoms with Crippen molar-refractivity contribution in [2.45, 2.75) is 58.1 Å². The molecule has 1 fully saturated rings. The molecule has 8 nitrogen and oxygen atoms in total. The molecule has 2 amide bonds. The van der Waals surface area contributed by atoms with Crippen molar-refractivity contribution in [2.75, 3.05) is 47.4 Å². The van der Waals surface area contributed by atoms with Crippen LogP contribution in [0, 0.1) is 23.7 Å². The van der Waals surface area contributed by atoms with Gasteiger partial charge >= 0.3 is 0 Å². The number of likely N-dealkylation sites (N-methyl/N-ethyl adjacent to an activating group) is 2. The van der Waals surface area contributed by atoms with Crippen molar-refractivity contribution in [1.29, 1.82) is 0 Å². The Morgan fingerprint density at radius 1 is 1.31 bits per heavy atom. The maximum atomic E-state index is 13.5. The molecule has 0 radical (unpaired) electrons. The lowest BCUT2D eigenvalue weighted by atomic mass is 9.99. The monoisotopic (exact) mass is 484 g/mol. The van der Waals surface area contributed by atoms with Gasteiger partial charge in [0.05, 0.1) is 25.7 Å². The summed E-state index contributed by atoms with van der Waals surface area (Å²) in [6.07, 6.45) is 7.20. The SMILES string of the molecule is C[C@H](CO)N1C[C@H](C)[C@@H](CN(C)C(=O)CN(C)C)Oc2ncc(C#CCC3CCCC3)cc2C1=O. The van der Waals surface area contributed by atoms with Gasteiger partial charge in [-0.1, -0.05) is 31.6 Å². The van der Waals surface area contributed by atoms with E-state index >= 15 is 0 Å². The fourth-order valence-electron chi connectivity index (χ4n) is 4.66. The highest BCUT2D eigenvalue weighted by Crippen LogP contribution is 2.28. The Balaban J connectivity index is 1.87. The average Bonchev–Trinajstić information content (AvgIpc) is 3.34.